The Hall–Kier alpha value is -7.88. The van der Waals surface area contributed by atoms with Crippen molar-refractivity contribution in [3.05, 3.63) is 143 Å². The van der Waals surface area contributed by atoms with Crippen molar-refractivity contribution in [1.29, 1.82) is 0 Å². The van der Waals surface area contributed by atoms with E-state index in [0.717, 1.165) is 140 Å². The Bertz CT molecular complexity index is 3310. The second-order valence-electron chi connectivity index (χ2n) is 19.7. The molecule has 79 heavy (non-hydrogen) atoms. The number of ether oxygens (including phenoxy) is 2. The lowest BCUT2D eigenvalue weighted by Crippen LogP contribution is -2.36. The third-order valence-electron chi connectivity index (χ3n) is 13.9. The number of carbonyl (C=O) groups is 2. The summed E-state index contributed by atoms with van der Waals surface area (Å²) in [4.78, 5) is 48.4. The second kappa shape index (κ2) is 24.8. The van der Waals surface area contributed by atoms with E-state index in [9.17, 15) is 35.9 Å². The molecule has 10 rings (SSSR count). The highest BCUT2D eigenvalue weighted by molar-refractivity contribution is 6.05. The van der Waals surface area contributed by atoms with Crippen molar-refractivity contribution < 1.29 is 45.4 Å². The van der Waals surface area contributed by atoms with E-state index in [4.69, 9.17) is 19.4 Å². The molecule has 4 aliphatic rings. The third kappa shape index (κ3) is 14.4. The summed E-state index contributed by atoms with van der Waals surface area (Å²) >= 11 is 0. The SMILES string of the molecule is Cc1ccc(NC(=O)c2ccnc(C(F)(F)F)c2)cc1-c1cnc(C#CC2CCN(C)C2)c(N2CCOCC2)c1.Cc1ccc(NC(=O)c2ccnc(C(F)(F)F)c2)cc1-c1cnc(C#CC2CCNC2)c(N2CCOCC2)c1. The van der Waals surface area contributed by atoms with Crippen LogP contribution in [0.1, 0.15) is 67.5 Å². The zero-order valence-electron chi connectivity index (χ0n) is 43.8. The van der Waals surface area contributed by atoms with E-state index in [1.807, 2.05) is 26.0 Å². The lowest BCUT2D eigenvalue weighted by molar-refractivity contribution is -0.142. The first-order valence-corrected chi connectivity index (χ1v) is 25.9. The number of halogens is 6. The fourth-order valence-corrected chi connectivity index (χ4v) is 9.54. The van der Waals surface area contributed by atoms with Gasteiger partial charge >= 0.3 is 12.4 Å². The number of nitrogens with zero attached hydrogens (tertiary/aromatic N) is 7. The van der Waals surface area contributed by atoms with Crippen LogP contribution in [0.2, 0.25) is 0 Å². The Morgan fingerprint density at radius 1 is 0.608 bits per heavy atom. The van der Waals surface area contributed by atoms with Crippen LogP contribution in [0.4, 0.5) is 49.1 Å². The predicted octanol–water partition coefficient (Wildman–Crippen LogP) is 9.38. The molecule has 4 aromatic heterocycles. The van der Waals surface area contributed by atoms with Gasteiger partial charge in [-0.15, -0.1) is 0 Å². The topological polar surface area (TPSA) is 150 Å². The lowest BCUT2D eigenvalue weighted by atomic mass is 10.00. The van der Waals surface area contributed by atoms with Crippen molar-refractivity contribution in [3.8, 4) is 45.9 Å². The van der Waals surface area contributed by atoms with Gasteiger partial charge < -0.3 is 40.1 Å². The summed E-state index contributed by atoms with van der Waals surface area (Å²) < 4.78 is 89.4. The number of carbonyl (C=O) groups excluding carboxylic acids is 2. The van der Waals surface area contributed by atoms with Gasteiger partial charge in [-0.2, -0.15) is 26.3 Å². The molecule has 2 aromatic carbocycles. The highest BCUT2D eigenvalue weighted by Crippen LogP contribution is 2.35. The molecule has 0 radical (unpaired) electrons. The average molecular weight is 1090 g/mol. The molecular formula is C59H58F6N10O4. The Morgan fingerprint density at radius 3 is 1.49 bits per heavy atom. The fraction of sp³-hybridized carbons (Fsp3) is 0.356. The van der Waals surface area contributed by atoms with Gasteiger partial charge in [-0.05, 0) is 142 Å². The van der Waals surface area contributed by atoms with Crippen LogP contribution in [-0.2, 0) is 21.8 Å². The van der Waals surface area contributed by atoms with Gasteiger partial charge in [-0.1, -0.05) is 24.0 Å². The maximum Gasteiger partial charge on any atom is 0.433 e. The maximum atomic E-state index is 13.1. The Kier molecular flexibility index (Phi) is 17.6. The van der Waals surface area contributed by atoms with E-state index in [-0.39, 0.29) is 11.1 Å². The normalized spacial score (nSPS) is 17.6. The average Bonchev–Trinajstić information content (AvgIpc) is 4.19. The lowest BCUT2D eigenvalue weighted by Gasteiger charge is -2.29. The molecule has 6 aromatic rings. The number of alkyl halides is 6. The van der Waals surface area contributed by atoms with Crippen LogP contribution in [0, 0.1) is 49.4 Å². The van der Waals surface area contributed by atoms with E-state index in [1.54, 1.807) is 36.7 Å². The molecular weight excluding hydrogens is 1030 g/mol. The summed E-state index contributed by atoms with van der Waals surface area (Å²) in [6, 6.07) is 18.9. The number of hydrogen-bond donors (Lipinski definition) is 3. The van der Waals surface area contributed by atoms with Crippen LogP contribution >= 0.6 is 0 Å². The molecule has 0 saturated carbocycles. The van der Waals surface area contributed by atoms with Crippen molar-refractivity contribution in [3.63, 3.8) is 0 Å². The summed E-state index contributed by atoms with van der Waals surface area (Å²) in [6.45, 7) is 13.2. The van der Waals surface area contributed by atoms with Crippen molar-refractivity contribution in [2.24, 2.45) is 11.8 Å². The van der Waals surface area contributed by atoms with Crippen LogP contribution in [0.25, 0.3) is 22.3 Å². The highest BCUT2D eigenvalue weighted by atomic mass is 19.4. The summed E-state index contributed by atoms with van der Waals surface area (Å²) in [7, 11) is 2.10. The van der Waals surface area contributed by atoms with E-state index >= 15 is 0 Å². The smallest absolute Gasteiger partial charge is 0.378 e. The molecule has 0 bridgehead atoms. The molecule has 2 amide bonds. The van der Waals surface area contributed by atoms with E-state index < -0.39 is 35.6 Å². The summed E-state index contributed by atoms with van der Waals surface area (Å²) in [5.41, 5.74) is 7.04. The van der Waals surface area contributed by atoms with E-state index in [2.05, 4.69) is 83.5 Å². The van der Waals surface area contributed by atoms with Gasteiger partial charge in [0.2, 0.25) is 0 Å². The standard InChI is InChI=1S/C30H30F3N5O2.C29H28F3N5O2/c1-20-3-5-24(36-29(39)22-7-9-34-28(16-22)30(31,32)33)17-25(20)23-15-27(38-11-13-40-14-12-38)26(35-18-23)6-4-21-8-10-37(2)19-21;1-19-2-4-23(36-28(38)21-7-9-34-27(15-21)29(30,31)32)16-24(19)22-14-26(37-10-12-39-13-11-37)25(35-18-22)5-3-20-6-8-33-17-20/h3,5,7,9,15-18,21H,8,10-14,19H2,1-2H3,(H,36,39);2,4,7,9,14-16,18,20,33H,6,8,10-13,17H2,1H3,(H,36,38). The quantitative estimate of drug-likeness (QED) is 0.0985. The highest BCUT2D eigenvalue weighted by Gasteiger charge is 2.34. The zero-order valence-corrected chi connectivity index (χ0v) is 43.8. The number of hydrogen-bond acceptors (Lipinski definition) is 12. The maximum absolute atomic E-state index is 13.1. The predicted molar refractivity (Wildman–Crippen MR) is 290 cm³/mol. The third-order valence-corrected chi connectivity index (χ3v) is 13.9. The first-order chi connectivity index (χ1) is 37.9. The molecule has 20 heteroatoms. The van der Waals surface area contributed by atoms with E-state index in [0.29, 0.717) is 55.3 Å². The van der Waals surface area contributed by atoms with Crippen molar-refractivity contribution in [1.82, 2.24) is 30.2 Å². The van der Waals surface area contributed by atoms with Crippen LogP contribution in [0.3, 0.4) is 0 Å². The van der Waals surface area contributed by atoms with Gasteiger partial charge in [0.25, 0.3) is 11.8 Å². The number of pyridine rings is 4. The summed E-state index contributed by atoms with van der Waals surface area (Å²) in [5, 5.41) is 8.75. The zero-order chi connectivity index (χ0) is 55.7. The number of anilines is 4. The first-order valence-electron chi connectivity index (χ1n) is 25.9. The van der Waals surface area contributed by atoms with Crippen molar-refractivity contribution >= 4 is 34.6 Å². The number of rotatable bonds is 8. The van der Waals surface area contributed by atoms with Gasteiger partial charge in [0, 0.05) is 110 Å². The number of benzene rings is 2. The minimum atomic E-state index is -4.64. The number of aryl methyl sites for hydroxylation is 2. The number of morpholine rings is 2. The van der Waals surface area contributed by atoms with Crippen LogP contribution in [0.5, 0.6) is 0 Å². The molecule has 3 N–H and O–H groups in total. The number of amides is 2. The molecule has 14 nitrogen and oxygen atoms in total. The minimum Gasteiger partial charge on any atom is -0.378 e. The Morgan fingerprint density at radius 2 is 1.08 bits per heavy atom. The van der Waals surface area contributed by atoms with Crippen LogP contribution in [0.15, 0.2) is 97.6 Å². The van der Waals surface area contributed by atoms with E-state index in [1.165, 1.54) is 12.1 Å². The van der Waals surface area contributed by atoms with Gasteiger partial charge in [0.15, 0.2) is 0 Å². The molecule has 2 unspecified atom stereocenters. The Balaban J connectivity index is 0.000000192. The number of likely N-dealkylation sites (tertiary alicyclic amines) is 1. The molecule has 4 aliphatic heterocycles. The molecule has 410 valence electrons. The Labute approximate surface area is 454 Å². The van der Waals surface area contributed by atoms with Crippen LogP contribution < -0.4 is 25.8 Å². The van der Waals surface area contributed by atoms with Crippen molar-refractivity contribution in [2.45, 2.75) is 39.0 Å². The minimum absolute atomic E-state index is 0.128. The van der Waals surface area contributed by atoms with Gasteiger partial charge in [0.05, 0.1) is 37.8 Å². The largest absolute Gasteiger partial charge is 0.433 e. The number of aromatic nitrogens is 4. The molecule has 4 saturated heterocycles. The van der Waals surface area contributed by atoms with Gasteiger partial charge in [0.1, 0.15) is 22.8 Å². The van der Waals surface area contributed by atoms with Gasteiger partial charge in [-0.3, -0.25) is 19.6 Å². The van der Waals surface area contributed by atoms with Crippen molar-refractivity contribution in [2.75, 3.05) is 106 Å². The summed E-state index contributed by atoms with van der Waals surface area (Å²) in [6.07, 6.45) is -1.70. The second-order valence-corrected chi connectivity index (χ2v) is 19.7. The molecule has 0 spiro atoms. The summed E-state index contributed by atoms with van der Waals surface area (Å²) in [5.74, 6) is 12.7. The monoisotopic (exact) mass is 1080 g/mol. The molecule has 2 atom stereocenters. The first kappa shape index (κ1) is 55.9. The molecule has 8 heterocycles. The molecule has 0 aliphatic carbocycles. The molecule has 4 fully saturated rings. The van der Waals surface area contributed by atoms with Crippen LogP contribution in [-0.4, -0.2) is 122 Å². The number of nitrogens with one attached hydrogen (secondary N) is 3. The fourth-order valence-electron chi connectivity index (χ4n) is 9.54. The van der Waals surface area contributed by atoms with Gasteiger partial charge in [-0.25, -0.2) is 9.97 Å².